The summed E-state index contributed by atoms with van der Waals surface area (Å²) in [6, 6.07) is 7.50. The van der Waals surface area contributed by atoms with Gasteiger partial charge in [0.2, 0.25) is 0 Å². The maximum atomic E-state index is 10.3. The molecular formula is C10H14O2. The third kappa shape index (κ3) is 3.19. The van der Waals surface area contributed by atoms with Crippen LogP contribution in [0.1, 0.15) is 18.6 Å². The minimum absolute atomic E-state index is 0. The highest BCUT2D eigenvalue weighted by Crippen LogP contribution is 2.03. The minimum atomic E-state index is -0.783. The average Bonchev–Trinajstić information content (AvgIpc) is 1.93. The zero-order valence-electron chi connectivity index (χ0n) is 6.37. The molecule has 0 bridgehead atoms. The molecular weight excluding hydrogens is 152 g/mol. The molecule has 0 spiro atoms. The second-order valence-electron chi connectivity index (χ2n) is 2.56. The molecule has 0 unspecified atom stereocenters. The van der Waals surface area contributed by atoms with Gasteiger partial charge in [0.15, 0.2) is 0 Å². The summed E-state index contributed by atoms with van der Waals surface area (Å²) in [7, 11) is 0. The van der Waals surface area contributed by atoms with E-state index in [4.69, 9.17) is 5.11 Å². The summed E-state index contributed by atoms with van der Waals surface area (Å²) in [6.07, 6.45) is 0.111. The van der Waals surface area contributed by atoms with Crippen molar-refractivity contribution in [2.45, 2.75) is 20.8 Å². The number of rotatable bonds is 2. The first kappa shape index (κ1) is 10.7. The fourth-order valence-electron chi connectivity index (χ4n) is 0.881. The predicted molar refractivity (Wildman–Crippen MR) is 49.2 cm³/mol. The van der Waals surface area contributed by atoms with Gasteiger partial charge in [-0.3, -0.25) is 4.79 Å². The zero-order valence-corrected chi connectivity index (χ0v) is 6.37. The van der Waals surface area contributed by atoms with E-state index in [-0.39, 0.29) is 13.8 Å². The molecule has 0 aliphatic carbocycles. The number of carboxylic acid groups (broad SMARTS) is 1. The van der Waals surface area contributed by atoms with Gasteiger partial charge in [-0.25, -0.2) is 0 Å². The van der Waals surface area contributed by atoms with E-state index in [1.165, 1.54) is 0 Å². The number of aryl methyl sites for hydroxylation is 1. The van der Waals surface area contributed by atoms with E-state index in [2.05, 4.69) is 0 Å². The molecule has 1 aromatic rings. The molecule has 1 rings (SSSR count). The largest absolute Gasteiger partial charge is 0.481 e. The Morgan fingerprint density at radius 2 is 1.83 bits per heavy atom. The summed E-state index contributed by atoms with van der Waals surface area (Å²) in [6.45, 7) is 1.98. The summed E-state index contributed by atoms with van der Waals surface area (Å²) < 4.78 is 0. The van der Waals surface area contributed by atoms with Crippen LogP contribution < -0.4 is 0 Å². The SMILES string of the molecule is C.Cc1ccc(CC(=O)O)cc1. The van der Waals surface area contributed by atoms with Gasteiger partial charge in [0.25, 0.3) is 0 Å². The first-order valence-corrected chi connectivity index (χ1v) is 3.46. The van der Waals surface area contributed by atoms with Crippen molar-refractivity contribution in [3.8, 4) is 0 Å². The lowest BCUT2D eigenvalue weighted by atomic mass is 10.1. The van der Waals surface area contributed by atoms with Crippen LogP contribution in [0, 0.1) is 6.92 Å². The Morgan fingerprint density at radius 3 is 2.25 bits per heavy atom. The number of hydrogen-bond acceptors (Lipinski definition) is 1. The third-order valence-electron chi connectivity index (χ3n) is 1.48. The number of carbonyl (C=O) groups is 1. The molecule has 0 amide bonds. The molecule has 0 radical (unpaired) electrons. The second-order valence-corrected chi connectivity index (χ2v) is 2.56. The molecule has 0 fully saturated rings. The van der Waals surface area contributed by atoms with E-state index < -0.39 is 5.97 Å². The van der Waals surface area contributed by atoms with Crippen molar-refractivity contribution in [3.05, 3.63) is 35.4 Å². The van der Waals surface area contributed by atoms with Gasteiger partial charge in [0.1, 0.15) is 0 Å². The summed E-state index contributed by atoms with van der Waals surface area (Å²) in [5.41, 5.74) is 2.00. The van der Waals surface area contributed by atoms with Gasteiger partial charge < -0.3 is 5.11 Å². The van der Waals surface area contributed by atoms with Gasteiger partial charge in [-0.15, -0.1) is 0 Å². The molecule has 0 saturated carbocycles. The predicted octanol–water partition coefficient (Wildman–Crippen LogP) is 2.26. The first-order chi connectivity index (χ1) is 5.18. The normalized spacial score (nSPS) is 8.75. The average molecular weight is 166 g/mol. The highest BCUT2D eigenvalue weighted by Gasteiger charge is 1.97. The lowest BCUT2D eigenvalue weighted by Crippen LogP contribution is -1.99. The van der Waals surface area contributed by atoms with Gasteiger partial charge in [0, 0.05) is 0 Å². The van der Waals surface area contributed by atoms with Crippen molar-refractivity contribution in [1.29, 1.82) is 0 Å². The van der Waals surface area contributed by atoms with Crippen molar-refractivity contribution in [2.24, 2.45) is 0 Å². The standard InChI is InChI=1S/C9H10O2.CH4/c1-7-2-4-8(5-3-7)6-9(10)11;/h2-5H,6H2,1H3,(H,10,11);1H4. The molecule has 1 aromatic carbocycles. The maximum Gasteiger partial charge on any atom is 0.307 e. The highest BCUT2D eigenvalue weighted by atomic mass is 16.4. The molecule has 2 nitrogen and oxygen atoms in total. The molecule has 12 heavy (non-hydrogen) atoms. The summed E-state index contributed by atoms with van der Waals surface area (Å²) in [4.78, 5) is 10.3. The topological polar surface area (TPSA) is 37.3 Å². The van der Waals surface area contributed by atoms with Crippen molar-refractivity contribution < 1.29 is 9.90 Å². The number of aliphatic carboxylic acids is 1. The zero-order chi connectivity index (χ0) is 8.27. The Bertz CT molecular complexity index is 249. The first-order valence-electron chi connectivity index (χ1n) is 3.46. The van der Waals surface area contributed by atoms with Crippen LogP contribution in [0.25, 0.3) is 0 Å². The Hall–Kier alpha value is -1.31. The van der Waals surface area contributed by atoms with E-state index in [0.717, 1.165) is 11.1 Å². The van der Waals surface area contributed by atoms with Crippen LogP contribution in [0.5, 0.6) is 0 Å². The van der Waals surface area contributed by atoms with Crippen LogP contribution in [-0.4, -0.2) is 11.1 Å². The van der Waals surface area contributed by atoms with Gasteiger partial charge >= 0.3 is 5.97 Å². The highest BCUT2D eigenvalue weighted by molar-refractivity contribution is 5.70. The van der Waals surface area contributed by atoms with Crippen molar-refractivity contribution in [1.82, 2.24) is 0 Å². The van der Waals surface area contributed by atoms with Crippen LogP contribution in [-0.2, 0) is 11.2 Å². The lowest BCUT2D eigenvalue weighted by molar-refractivity contribution is -0.136. The Morgan fingerprint density at radius 1 is 1.33 bits per heavy atom. The Kier molecular flexibility index (Phi) is 4.05. The van der Waals surface area contributed by atoms with Crippen LogP contribution in [0.4, 0.5) is 0 Å². The molecule has 0 heterocycles. The smallest absolute Gasteiger partial charge is 0.307 e. The minimum Gasteiger partial charge on any atom is -0.481 e. The Labute approximate surface area is 72.9 Å². The summed E-state index contributed by atoms with van der Waals surface area (Å²) in [5, 5.41) is 8.44. The van der Waals surface area contributed by atoms with Crippen LogP contribution in [0.3, 0.4) is 0 Å². The molecule has 0 atom stereocenters. The van der Waals surface area contributed by atoms with Gasteiger partial charge in [-0.1, -0.05) is 37.3 Å². The van der Waals surface area contributed by atoms with Gasteiger partial charge in [0.05, 0.1) is 6.42 Å². The van der Waals surface area contributed by atoms with Gasteiger partial charge in [-0.2, -0.15) is 0 Å². The molecule has 1 N–H and O–H groups in total. The molecule has 66 valence electrons. The second kappa shape index (κ2) is 4.54. The van der Waals surface area contributed by atoms with Crippen LogP contribution in [0.15, 0.2) is 24.3 Å². The van der Waals surface area contributed by atoms with E-state index >= 15 is 0 Å². The number of hydrogen-bond donors (Lipinski definition) is 1. The van der Waals surface area contributed by atoms with E-state index in [1.54, 1.807) is 0 Å². The van der Waals surface area contributed by atoms with Crippen molar-refractivity contribution >= 4 is 5.97 Å². The van der Waals surface area contributed by atoms with E-state index in [9.17, 15) is 4.79 Å². The summed E-state index contributed by atoms with van der Waals surface area (Å²) >= 11 is 0. The summed E-state index contributed by atoms with van der Waals surface area (Å²) in [5.74, 6) is -0.783. The molecule has 0 aromatic heterocycles. The van der Waals surface area contributed by atoms with Crippen LogP contribution in [0.2, 0.25) is 0 Å². The van der Waals surface area contributed by atoms with Crippen molar-refractivity contribution in [2.75, 3.05) is 0 Å². The lowest BCUT2D eigenvalue weighted by Gasteiger charge is -1.96. The van der Waals surface area contributed by atoms with Gasteiger partial charge in [-0.05, 0) is 12.5 Å². The monoisotopic (exact) mass is 166 g/mol. The van der Waals surface area contributed by atoms with Crippen molar-refractivity contribution in [3.63, 3.8) is 0 Å². The number of carboxylic acids is 1. The van der Waals surface area contributed by atoms with E-state index in [1.807, 2.05) is 31.2 Å². The quantitative estimate of drug-likeness (QED) is 0.731. The Balaban J connectivity index is 0.00000121. The third-order valence-corrected chi connectivity index (χ3v) is 1.48. The van der Waals surface area contributed by atoms with Crippen LogP contribution >= 0.6 is 0 Å². The fourth-order valence-corrected chi connectivity index (χ4v) is 0.881. The molecule has 0 saturated heterocycles. The molecule has 0 aliphatic rings. The fraction of sp³-hybridized carbons (Fsp3) is 0.300. The molecule has 0 aliphatic heterocycles. The van der Waals surface area contributed by atoms with E-state index in [0.29, 0.717) is 0 Å². The molecule has 2 heteroatoms. The maximum absolute atomic E-state index is 10.3. The number of benzene rings is 1.